The van der Waals surface area contributed by atoms with E-state index < -0.39 is 4.92 Å². The number of halogens is 1. The molecule has 2 N–H and O–H groups in total. The molecule has 1 atom stereocenters. The van der Waals surface area contributed by atoms with Crippen LogP contribution in [0.3, 0.4) is 0 Å². The van der Waals surface area contributed by atoms with Gasteiger partial charge in [0.15, 0.2) is 0 Å². The van der Waals surface area contributed by atoms with Crippen molar-refractivity contribution in [2.24, 2.45) is 0 Å². The molecule has 10 nitrogen and oxygen atoms in total. The fourth-order valence-corrected chi connectivity index (χ4v) is 2.60. The zero-order valence-electron chi connectivity index (χ0n) is 15.3. The molecular weight excluding hydrogens is 378 g/mol. The van der Waals surface area contributed by atoms with Crippen LogP contribution < -0.4 is 20.1 Å². The number of methoxy groups -OCH3 is 3. The Kier molecular flexibility index (Phi) is 6.97. The molecule has 11 heteroatoms. The maximum atomic E-state index is 11.6. The highest BCUT2D eigenvalue weighted by molar-refractivity contribution is 6.32. The summed E-state index contributed by atoms with van der Waals surface area (Å²) in [5.41, 5.74) is 0.0791. The zero-order valence-corrected chi connectivity index (χ0v) is 16.0. The summed E-state index contributed by atoms with van der Waals surface area (Å²) >= 11 is 6.15. The van der Waals surface area contributed by atoms with Gasteiger partial charge in [0, 0.05) is 19.2 Å². The Morgan fingerprint density at radius 2 is 1.85 bits per heavy atom. The van der Waals surface area contributed by atoms with Crippen molar-refractivity contribution in [1.29, 1.82) is 0 Å². The third-order valence-corrected chi connectivity index (χ3v) is 3.83. The molecule has 1 heterocycles. The van der Waals surface area contributed by atoms with Crippen molar-refractivity contribution in [2.45, 2.75) is 13.0 Å². The van der Waals surface area contributed by atoms with E-state index in [0.29, 0.717) is 28.8 Å². The number of aromatic nitrogens is 2. The minimum atomic E-state index is -0.568. The highest BCUT2D eigenvalue weighted by atomic mass is 35.5. The third kappa shape index (κ3) is 4.86. The number of nitrogens with one attached hydrogen (secondary N) is 2. The van der Waals surface area contributed by atoms with E-state index in [2.05, 4.69) is 20.6 Å². The van der Waals surface area contributed by atoms with Gasteiger partial charge in [-0.1, -0.05) is 11.6 Å². The Hall–Kier alpha value is -2.85. The second kappa shape index (κ2) is 9.19. The number of nitro groups is 1. The first-order valence-electron chi connectivity index (χ1n) is 7.84. The fraction of sp³-hybridized carbons (Fsp3) is 0.375. The second-order valence-corrected chi connectivity index (χ2v) is 5.90. The molecule has 0 bridgehead atoms. The molecule has 0 saturated carbocycles. The summed E-state index contributed by atoms with van der Waals surface area (Å²) in [7, 11) is 4.48. The molecule has 1 aromatic heterocycles. The normalized spacial score (nSPS) is 11.6. The van der Waals surface area contributed by atoms with Crippen molar-refractivity contribution >= 4 is 34.6 Å². The lowest BCUT2D eigenvalue weighted by Crippen LogP contribution is -2.22. The number of ether oxygens (including phenoxy) is 3. The summed E-state index contributed by atoms with van der Waals surface area (Å²) in [5.74, 6) is 0.848. The number of anilines is 3. The average Bonchev–Trinajstić information content (AvgIpc) is 2.62. The van der Waals surface area contributed by atoms with Crippen LogP contribution >= 0.6 is 11.6 Å². The van der Waals surface area contributed by atoms with Gasteiger partial charge in [0.25, 0.3) is 0 Å². The standard InChI is InChI=1S/C16H20ClN5O5/c1-9(7-25-2)20-15-14(22(23)24)16(19-8-18-15)21-11-5-10(17)12(26-3)6-13(11)27-4/h5-6,8-9H,7H2,1-4H3,(H2,18,19,20,21). The molecule has 146 valence electrons. The van der Waals surface area contributed by atoms with E-state index in [1.165, 1.54) is 26.6 Å². The smallest absolute Gasteiger partial charge is 0.353 e. The van der Waals surface area contributed by atoms with Crippen molar-refractivity contribution in [2.75, 3.05) is 38.6 Å². The molecule has 2 aromatic rings. The van der Waals surface area contributed by atoms with Crippen LogP contribution in [0.25, 0.3) is 0 Å². The Bertz CT molecular complexity index is 820. The van der Waals surface area contributed by atoms with Crippen LogP contribution in [0, 0.1) is 10.1 Å². The third-order valence-electron chi connectivity index (χ3n) is 3.53. The molecule has 0 spiro atoms. The molecule has 1 unspecified atom stereocenters. The Morgan fingerprint density at radius 1 is 1.19 bits per heavy atom. The summed E-state index contributed by atoms with van der Waals surface area (Å²) in [6.07, 6.45) is 1.22. The van der Waals surface area contributed by atoms with E-state index in [4.69, 9.17) is 25.8 Å². The molecule has 0 aliphatic heterocycles. The lowest BCUT2D eigenvalue weighted by Gasteiger charge is -2.16. The van der Waals surface area contributed by atoms with Crippen molar-refractivity contribution in [3.8, 4) is 11.5 Å². The Labute approximate surface area is 161 Å². The monoisotopic (exact) mass is 397 g/mol. The van der Waals surface area contributed by atoms with E-state index in [1.807, 2.05) is 6.92 Å². The van der Waals surface area contributed by atoms with Gasteiger partial charge in [0.05, 0.1) is 36.5 Å². The van der Waals surface area contributed by atoms with Crippen LogP contribution in [0.4, 0.5) is 23.0 Å². The van der Waals surface area contributed by atoms with E-state index in [0.717, 1.165) is 0 Å². The highest BCUT2D eigenvalue weighted by Crippen LogP contribution is 2.39. The quantitative estimate of drug-likeness (QED) is 0.485. The molecule has 0 amide bonds. The summed E-state index contributed by atoms with van der Waals surface area (Å²) in [5, 5.41) is 17.8. The minimum absolute atomic E-state index is 0.0124. The predicted octanol–water partition coefficient (Wildman–Crippen LogP) is 3.25. The maximum absolute atomic E-state index is 11.6. The van der Waals surface area contributed by atoms with E-state index in [9.17, 15) is 10.1 Å². The topological polar surface area (TPSA) is 121 Å². The van der Waals surface area contributed by atoms with Gasteiger partial charge >= 0.3 is 5.69 Å². The molecular formula is C16H20ClN5O5. The SMILES string of the molecule is COCC(C)Nc1ncnc(Nc2cc(Cl)c(OC)cc2OC)c1[N+](=O)[O-]. The first kappa shape index (κ1) is 20.5. The van der Waals surface area contributed by atoms with Crippen LogP contribution in [0.5, 0.6) is 11.5 Å². The fourth-order valence-electron chi connectivity index (χ4n) is 2.36. The average molecular weight is 398 g/mol. The van der Waals surface area contributed by atoms with Crippen LogP contribution in [-0.4, -0.2) is 48.9 Å². The van der Waals surface area contributed by atoms with Gasteiger partial charge < -0.3 is 24.8 Å². The number of rotatable bonds is 9. The minimum Gasteiger partial charge on any atom is -0.495 e. The van der Waals surface area contributed by atoms with Gasteiger partial charge in [-0.3, -0.25) is 10.1 Å². The summed E-state index contributed by atoms with van der Waals surface area (Å²) < 4.78 is 15.5. The molecule has 0 saturated heterocycles. The predicted molar refractivity (Wildman–Crippen MR) is 101 cm³/mol. The van der Waals surface area contributed by atoms with Gasteiger partial charge in [-0.15, -0.1) is 0 Å². The molecule has 0 fully saturated rings. The summed E-state index contributed by atoms with van der Waals surface area (Å²) in [4.78, 5) is 19.0. The van der Waals surface area contributed by atoms with Crippen LogP contribution in [0.1, 0.15) is 6.92 Å². The zero-order chi connectivity index (χ0) is 20.0. The Balaban J connectivity index is 2.44. The molecule has 1 aromatic carbocycles. The number of benzene rings is 1. The van der Waals surface area contributed by atoms with Gasteiger partial charge in [0.2, 0.25) is 11.6 Å². The van der Waals surface area contributed by atoms with Crippen LogP contribution in [-0.2, 0) is 4.74 Å². The maximum Gasteiger partial charge on any atom is 0.353 e. The van der Waals surface area contributed by atoms with Gasteiger partial charge in [-0.25, -0.2) is 9.97 Å². The molecule has 27 heavy (non-hydrogen) atoms. The van der Waals surface area contributed by atoms with Gasteiger partial charge in [-0.05, 0) is 13.0 Å². The lowest BCUT2D eigenvalue weighted by molar-refractivity contribution is -0.383. The summed E-state index contributed by atoms with van der Waals surface area (Å²) in [6, 6.07) is 2.91. The van der Waals surface area contributed by atoms with E-state index >= 15 is 0 Å². The number of hydrogen-bond donors (Lipinski definition) is 2. The van der Waals surface area contributed by atoms with Crippen molar-refractivity contribution in [1.82, 2.24) is 9.97 Å². The van der Waals surface area contributed by atoms with Crippen molar-refractivity contribution in [3.05, 3.63) is 33.6 Å². The summed E-state index contributed by atoms with van der Waals surface area (Å²) in [6.45, 7) is 2.17. The lowest BCUT2D eigenvalue weighted by atomic mass is 10.2. The number of hydrogen-bond acceptors (Lipinski definition) is 9. The highest BCUT2D eigenvalue weighted by Gasteiger charge is 2.25. The van der Waals surface area contributed by atoms with Crippen LogP contribution in [0.15, 0.2) is 18.5 Å². The van der Waals surface area contributed by atoms with Crippen LogP contribution in [0.2, 0.25) is 5.02 Å². The van der Waals surface area contributed by atoms with Crippen molar-refractivity contribution in [3.63, 3.8) is 0 Å². The molecule has 0 radical (unpaired) electrons. The van der Waals surface area contributed by atoms with E-state index in [-0.39, 0.29) is 23.4 Å². The van der Waals surface area contributed by atoms with Crippen molar-refractivity contribution < 1.29 is 19.1 Å². The largest absolute Gasteiger partial charge is 0.495 e. The molecule has 0 aliphatic carbocycles. The van der Waals surface area contributed by atoms with Gasteiger partial charge in [0.1, 0.15) is 17.8 Å². The Morgan fingerprint density at radius 3 is 2.44 bits per heavy atom. The van der Waals surface area contributed by atoms with E-state index in [1.54, 1.807) is 13.2 Å². The first-order valence-corrected chi connectivity index (χ1v) is 8.22. The first-order chi connectivity index (χ1) is 12.9. The van der Waals surface area contributed by atoms with Gasteiger partial charge in [-0.2, -0.15) is 0 Å². The number of nitrogens with zero attached hydrogens (tertiary/aromatic N) is 3. The molecule has 2 rings (SSSR count). The second-order valence-electron chi connectivity index (χ2n) is 5.49. The molecule has 0 aliphatic rings.